The molecular formula is C16H25N3O3S. The number of nitrogens with one attached hydrogen (secondary N) is 1. The average Bonchev–Trinajstić information content (AvgIpc) is 2.81. The molecule has 128 valence electrons. The molecular weight excluding hydrogens is 314 g/mol. The lowest BCUT2D eigenvalue weighted by Crippen LogP contribution is -2.48. The van der Waals surface area contributed by atoms with Crippen molar-refractivity contribution in [3.63, 3.8) is 0 Å². The first-order valence-electron chi connectivity index (χ1n) is 7.89. The number of piperazine rings is 1. The van der Waals surface area contributed by atoms with Crippen LogP contribution in [-0.4, -0.2) is 68.1 Å². The Morgan fingerprint density at radius 3 is 2.35 bits per heavy atom. The Labute approximate surface area is 141 Å². The number of rotatable bonds is 5. The van der Waals surface area contributed by atoms with Crippen molar-refractivity contribution in [1.29, 1.82) is 0 Å². The number of hydrogen-bond acceptors (Lipinski definition) is 6. The third-order valence-electron chi connectivity index (χ3n) is 4.31. The molecule has 0 bridgehead atoms. The van der Waals surface area contributed by atoms with Crippen LogP contribution in [0, 0.1) is 13.8 Å². The molecule has 0 spiro atoms. The first-order valence-corrected chi connectivity index (χ1v) is 8.70. The second-order valence-electron chi connectivity index (χ2n) is 5.74. The molecule has 0 atom stereocenters. The SMILES string of the molecule is CCN1CCN(CC(=O)Nc2sc(C)c(C)c2C(=O)OC)CC1. The van der Waals surface area contributed by atoms with Crippen LogP contribution in [0.3, 0.4) is 0 Å². The second-order valence-corrected chi connectivity index (χ2v) is 6.96. The molecule has 1 aliphatic rings. The highest BCUT2D eigenvalue weighted by Crippen LogP contribution is 2.32. The van der Waals surface area contributed by atoms with Crippen LogP contribution in [0.2, 0.25) is 0 Å². The van der Waals surface area contributed by atoms with Gasteiger partial charge < -0.3 is 15.0 Å². The minimum atomic E-state index is -0.404. The topological polar surface area (TPSA) is 61.9 Å². The van der Waals surface area contributed by atoms with Crippen LogP contribution in [0.15, 0.2) is 0 Å². The van der Waals surface area contributed by atoms with Gasteiger partial charge in [0.05, 0.1) is 19.2 Å². The van der Waals surface area contributed by atoms with Gasteiger partial charge >= 0.3 is 5.97 Å². The standard InChI is InChI=1S/C16H25N3O3S/c1-5-18-6-8-19(9-7-18)10-13(20)17-15-14(16(21)22-4)11(2)12(3)23-15/h5-10H2,1-4H3,(H,17,20). The highest BCUT2D eigenvalue weighted by molar-refractivity contribution is 7.16. The maximum Gasteiger partial charge on any atom is 0.341 e. The van der Waals surface area contributed by atoms with Crippen LogP contribution in [0.25, 0.3) is 0 Å². The third-order valence-corrected chi connectivity index (χ3v) is 5.43. The number of carbonyl (C=O) groups excluding carboxylic acids is 2. The number of thiophene rings is 1. The van der Waals surface area contributed by atoms with Crippen LogP contribution < -0.4 is 5.32 Å². The molecule has 1 saturated heterocycles. The summed E-state index contributed by atoms with van der Waals surface area (Å²) in [5, 5.41) is 3.47. The molecule has 1 amide bonds. The van der Waals surface area contributed by atoms with Gasteiger partial charge in [-0.05, 0) is 26.0 Å². The Hall–Kier alpha value is -1.44. The zero-order valence-electron chi connectivity index (χ0n) is 14.3. The number of ether oxygens (including phenoxy) is 1. The summed E-state index contributed by atoms with van der Waals surface area (Å²) in [6.45, 7) is 11.1. The molecule has 2 heterocycles. The second kappa shape index (κ2) is 7.90. The van der Waals surface area contributed by atoms with Gasteiger partial charge in [-0.15, -0.1) is 11.3 Å². The monoisotopic (exact) mass is 339 g/mol. The largest absolute Gasteiger partial charge is 0.465 e. The van der Waals surface area contributed by atoms with Crippen LogP contribution in [-0.2, 0) is 9.53 Å². The lowest BCUT2D eigenvalue weighted by molar-refractivity contribution is -0.117. The van der Waals surface area contributed by atoms with Gasteiger partial charge in [-0.2, -0.15) is 0 Å². The van der Waals surface area contributed by atoms with E-state index in [1.807, 2.05) is 13.8 Å². The molecule has 1 fully saturated rings. The number of aryl methyl sites for hydroxylation is 1. The van der Waals surface area contributed by atoms with E-state index in [0.29, 0.717) is 17.1 Å². The molecule has 7 heteroatoms. The third kappa shape index (κ3) is 4.31. The number of nitrogens with zero attached hydrogens (tertiary/aromatic N) is 2. The van der Waals surface area contributed by atoms with Gasteiger partial charge in [0, 0.05) is 31.1 Å². The van der Waals surface area contributed by atoms with E-state index in [1.165, 1.54) is 18.4 Å². The molecule has 0 aromatic carbocycles. The summed E-state index contributed by atoms with van der Waals surface area (Å²) in [5.41, 5.74) is 1.34. The van der Waals surface area contributed by atoms with E-state index < -0.39 is 5.97 Å². The van der Waals surface area contributed by atoms with E-state index in [9.17, 15) is 9.59 Å². The van der Waals surface area contributed by atoms with E-state index in [-0.39, 0.29) is 5.91 Å². The summed E-state index contributed by atoms with van der Waals surface area (Å²) in [7, 11) is 1.35. The summed E-state index contributed by atoms with van der Waals surface area (Å²) in [5.74, 6) is -0.486. The first-order chi connectivity index (χ1) is 11.0. The van der Waals surface area contributed by atoms with Crippen molar-refractivity contribution in [2.24, 2.45) is 0 Å². The zero-order chi connectivity index (χ0) is 17.0. The van der Waals surface area contributed by atoms with Crippen LogP contribution in [0.4, 0.5) is 5.00 Å². The summed E-state index contributed by atoms with van der Waals surface area (Å²) in [6, 6.07) is 0. The van der Waals surface area contributed by atoms with Crippen molar-refractivity contribution in [2.45, 2.75) is 20.8 Å². The number of hydrogen-bond donors (Lipinski definition) is 1. The molecule has 1 aromatic heterocycles. The smallest absolute Gasteiger partial charge is 0.341 e. The molecule has 0 unspecified atom stereocenters. The molecule has 0 radical (unpaired) electrons. The quantitative estimate of drug-likeness (QED) is 0.828. The van der Waals surface area contributed by atoms with Crippen LogP contribution in [0.5, 0.6) is 0 Å². The van der Waals surface area contributed by atoms with E-state index >= 15 is 0 Å². The first kappa shape index (κ1) is 17.9. The lowest BCUT2D eigenvalue weighted by Gasteiger charge is -2.33. The molecule has 23 heavy (non-hydrogen) atoms. The van der Waals surface area contributed by atoms with Crippen molar-refractivity contribution >= 4 is 28.2 Å². The molecule has 2 rings (SSSR count). The Morgan fingerprint density at radius 2 is 1.78 bits per heavy atom. The Bertz CT molecular complexity index is 577. The molecule has 6 nitrogen and oxygen atoms in total. The van der Waals surface area contributed by atoms with E-state index in [2.05, 4.69) is 22.0 Å². The van der Waals surface area contributed by atoms with E-state index in [4.69, 9.17) is 4.74 Å². The number of methoxy groups -OCH3 is 1. The summed E-state index contributed by atoms with van der Waals surface area (Å²) >= 11 is 1.42. The number of amides is 1. The van der Waals surface area contributed by atoms with Crippen molar-refractivity contribution in [3.05, 3.63) is 16.0 Å². The molecule has 1 aromatic rings. The number of esters is 1. The molecule has 0 saturated carbocycles. The average molecular weight is 339 g/mol. The van der Waals surface area contributed by atoms with E-state index in [1.54, 1.807) is 0 Å². The predicted octanol–water partition coefficient (Wildman–Crippen LogP) is 1.73. The maximum absolute atomic E-state index is 12.3. The summed E-state index contributed by atoms with van der Waals surface area (Å²) < 4.78 is 4.83. The van der Waals surface area contributed by atoms with Crippen molar-refractivity contribution < 1.29 is 14.3 Å². The fraction of sp³-hybridized carbons (Fsp3) is 0.625. The minimum Gasteiger partial charge on any atom is -0.465 e. The van der Waals surface area contributed by atoms with Gasteiger partial charge in [-0.25, -0.2) is 4.79 Å². The number of likely N-dealkylation sites (N-methyl/N-ethyl adjacent to an activating group) is 1. The van der Waals surface area contributed by atoms with Crippen LogP contribution in [0.1, 0.15) is 27.7 Å². The number of anilines is 1. The van der Waals surface area contributed by atoms with Gasteiger partial charge in [0.25, 0.3) is 0 Å². The van der Waals surface area contributed by atoms with Crippen molar-refractivity contribution in [3.8, 4) is 0 Å². The molecule has 0 aliphatic carbocycles. The minimum absolute atomic E-state index is 0.0821. The van der Waals surface area contributed by atoms with Crippen molar-refractivity contribution in [2.75, 3.05) is 51.7 Å². The summed E-state index contributed by atoms with van der Waals surface area (Å²) in [6.07, 6.45) is 0. The fourth-order valence-corrected chi connectivity index (χ4v) is 3.76. The summed E-state index contributed by atoms with van der Waals surface area (Å²) in [4.78, 5) is 29.8. The highest BCUT2D eigenvalue weighted by Gasteiger charge is 2.23. The lowest BCUT2D eigenvalue weighted by atomic mass is 10.1. The van der Waals surface area contributed by atoms with Gasteiger partial charge in [0.2, 0.25) is 5.91 Å². The van der Waals surface area contributed by atoms with Gasteiger partial charge in [-0.3, -0.25) is 9.69 Å². The van der Waals surface area contributed by atoms with Gasteiger partial charge in [0.1, 0.15) is 5.00 Å². The van der Waals surface area contributed by atoms with Crippen LogP contribution >= 0.6 is 11.3 Å². The highest BCUT2D eigenvalue weighted by atomic mass is 32.1. The fourth-order valence-electron chi connectivity index (χ4n) is 2.70. The zero-order valence-corrected chi connectivity index (χ0v) is 15.1. The molecule has 1 N–H and O–H groups in total. The molecule has 1 aliphatic heterocycles. The van der Waals surface area contributed by atoms with E-state index in [0.717, 1.165) is 43.2 Å². The normalized spacial score (nSPS) is 16.3. The predicted molar refractivity (Wildman–Crippen MR) is 92.3 cm³/mol. The Balaban J connectivity index is 1.98. The van der Waals surface area contributed by atoms with Gasteiger partial charge in [0.15, 0.2) is 0 Å². The Kier molecular flexibility index (Phi) is 6.15. The maximum atomic E-state index is 12.3. The van der Waals surface area contributed by atoms with Gasteiger partial charge in [-0.1, -0.05) is 6.92 Å². The number of carbonyl (C=O) groups is 2. The Morgan fingerprint density at radius 1 is 1.17 bits per heavy atom. The van der Waals surface area contributed by atoms with Crippen molar-refractivity contribution in [1.82, 2.24) is 9.80 Å².